The third-order valence-corrected chi connectivity index (χ3v) is 2.51. The molecule has 0 saturated heterocycles. The monoisotopic (exact) mass is 219 g/mol. The highest BCUT2D eigenvalue weighted by atomic mass is 16.3. The molecule has 0 unspecified atom stereocenters. The number of aromatic nitrogens is 1. The van der Waals surface area contributed by atoms with E-state index in [-0.39, 0.29) is 6.61 Å². The molecular formula is C12H17N3O. The minimum Gasteiger partial charge on any atom is -0.395 e. The second kappa shape index (κ2) is 5.47. The maximum absolute atomic E-state index is 9.12. The molecule has 0 aliphatic rings. The molecule has 86 valence electrons. The lowest BCUT2D eigenvalue weighted by Crippen LogP contribution is -2.27. The second-order valence-corrected chi connectivity index (χ2v) is 3.66. The Hall–Kier alpha value is -1.60. The van der Waals surface area contributed by atoms with Crippen LogP contribution in [0.5, 0.6) is 0 Å². The SMILES string of the molecule is CCN(CCO)c1cc(C)nc(C)c1C#N. The molecule has 0 bridgehead atoms. The first kappa shape index (κ1) is 12.5. The highest BCUT2D eigenvalue weighted by Gasteiger charge is 2.13. The van der Waals surface area contributed by atoms with Crippen LogP contribution in [-0.4, -0.2) is 29.8 Å². The van der Waals surface area contributed by atoms with Gasteiger partial charge in [0.1, 0.15) is 6.07 Å². The summed E-state index contributed by atoms with van der Waals surface area (Å²) in [6.45, 7) is 7.12. The van der Waals surface area contributed by atoms with Crippen LogP contribution in [0.4, 0.5) is 5.69 Å². The lowest BCUT2D eigenvalue weighted by atomic mass is 10.1. The van der Waals surface area contributed by atoms with E-state index in [0.717, 1.165) is 23.6 Å². The number of nitrogens with zero attached hydrogens (tertiary/aromatic N) is 3. The normalized spacial score (nSPS) is 9.94. The Balaban J connectivity index is 3.24. The summed E-state index contributed by atoms with van der Waals surface area (Å²) in [6, 6.07) is 4.07. The van der Waals surface area contributed by atoms with E-state index in [1.54, 1.807) is 0 Å². The topological polar surface area (TPSA) is 60.1 Å². The van der Waals surface area contributed by atoms with Gasteiger partial charge in [-0.2, -0.15) is 5.26 Å². The van der Waals surface area contributed by atoms with E-state index >= 15 is 0 Å². The molecule has 16 heavy (non-hydrogen) atoms. The zero-order chi connectivity index (χ0) is 12.1. The number of nitriles is 1. The number of rotatable bonds is 4. The van der Waals surface area contributed by atoms with Crippen molar-refractivity contribution in [3.8, 4) is 6.07 Å². The number of hydrogen-bond donors (Lipinski definition) is 1. The molecule has 0 atom stereocenters. The van der Waals surface area contributed by atoms with Gasteiger partial charge in [0.15, 0.2) is 0 Å². The minimum absolute atomic E-state index is 0.0825. The Morgan fingerprint density at radius 1 is 1.50 bits per heavy atom. The molecule has 0 aliphatic carbocycles. The third kappa shape index (κ3) is 2.50. The summed E-state index contributed by atoms with van der Waals surface area (Å²) >= 11 is 0. The fraction of sp³-hybridized carbons (Fsp3) is 0.500. The van der Waals surface area contributed by atoms with Gasteiger partial charge >= 0.3 is 0 Å². The summed E-state index contributed by atoms with van der Waals surface area (Å²) in [5, 5.41) is 18.1. The Bertz CT molecular complexity index is 409. The van der Waals surface area contributed by atoms with E-state index in [4.69, 9.17) is 10.4 Å². The number of hydrogen-bond acceptors (Lipinski definition) is 4. The standard InChI is InChI=1S/C12H17N3O/c1-4-15(5-6-16)12-7-9(2)14-10(3)11(12)8-13/h7,16H,4-6H2,1-3H3. The predicted molar refractivity (Wildman–Crippen MR) is 63.4 cm³/mol. The first-order valence-corrected chi connectivity index (χ1v) is 5.38. The van der Waals surface area contributed by atoms with Crippen molar-refractivity contribution in [2.24, 2.45) is 0 Å². The van der Waals surface area contributed by atoms with Gasteiger partial charge in [-0.05, 0) is 26.8 Å². The predicted octanol–water partition coefficient (Wildman–Crippen LogP) is 1.39. The van der Waals surface area contributed by atoms with Crippen molar-refractivity contribution in [2.45, 2.75) is 20.8 Å². The van der Waals surface area contributed by atoms with Gasteiger partial charge < -0.3 is 10.0 Å². The van der Waals surface area contributed by atoms with Crippen LogP contribution in [-0.2, 0) is 0 Å². The van der Waals surface area contributed by atoms with Crippen LogP contribution in [0.25, 0.3) is 0 Å². The average Bonchev–Trinajstić information content (AvgIpc) is 2.25. The Morgan fingerprint density at radius 3 is 2.69 bits per heavy atom. The van der Waals surface area contributed by atoms with Gasteiger partial charge in [0.2, 0.25) is 0 Å². The molecule has 0 aromatic carbocycles. The van der Waals surface area contributed by atoms with Gasteiger partial charge in [0, 0.05) is 18.8 Å². The zero-order valence-electron chi connectivity index (χ0n) is 9.99. The highest BCUT2D eigenvalue weighted by molar-refractivity contribution is 5.61. The van der Waals surface area contributed by atoms with Crippen molar-refractivity contribution in [1.82, 2.24) is 4.98 Å². The molecule has 0 spiro atoms. The van der Waals surface area contributed by atoms with Crippen LogP contribution in [0.15, 0.2) is 6.07 Å². The molecular weight excluding hydrogens is 202 g/mol. The van der Waals surface area contributed by atoms with E-state index in [0.29, 0.717) is 12.1 Å². The number of aliphatic hydroxyl groups is 1. The highest BCUT2D eigenvalue weighted by Crippen LogP contribution is 2.22. The van der Waals surface area contributed by atoms with E-state index in [1.165, 1.54) is 0 Å². The van der Waals surface area contributed by atoms with Gasteiger partial charge in [0.05, 0.1) is 23.6 Å². The molecule has 0 aliphatic heterocycles. The quantitative estimate of drug-likeness (QED) is 0.831. The van der Waals surface area contributed by atoms with Gasteiger partial charge in [-0.15, -0.1) is 0 Å². The largest absolute Gasteiger partial charge is 0.395 e. The molecule has 0 radical (unpaired) electrons. The maximum atomic E-state index is 9.12. The van der Waals surface area contributed by atoms with E-state index < -0.39 is 0 Å². The summed E-state index contributed by atoms with van der Waals surface area (Å²) in [5.74, 6) is 0. The molecule has 1 aromatic rings. The van der Waals surface area contributed by atoms with E-state index in [1.807, 2.05) is 31.7 Å². The van der Waals surface area contributed by atoms with Crippen molar-refractivity contribution >= 4 is 5.69 Å². The summed E-state index contributed by atoms with van der Waals surface area (Å²) < 4.78 is 0. The fourth-order valence-corrected chi connectivity index (χ4v) is 1.77. The van der Waals surface area contributed by atoms with E-state index in [2.05, 4.69) is 11.1 Å². The minimum atomic E-state index is 0.0825. The third-order valence-electron chi connectivity index (χ3n) is 2.51. The summed E-state index contributed by atoms with van der Waals surface area (Å²) in [4.78, 5) is 6.26. The van der Waals surface area contributed by atoms with Crippen molar-refractivity contribution < 1.29 is 5.11 Å². The Labute approximate surface area is 96.2 Å². The smallest absolute Gasteiger partial charge is 0.103 e. The van der Waals surface area contributed by atoms with Gasteiger partial charge in [-0.1, -0.05) is 0 Å². The van der Waals surface area contributed by atoms with Crippen molar-refractivity contribution in [2.75, 3.05) is 24.6 Å². The Morgan fingerprint density at radius 2 is 2.19 bits per heavy atom. The average molecular weight is 219 g/mol. The number of pyridine rings is 1. The number of anilines is 1. The molecule has 0 fully saturated rings. The summed E-state index contributed by atoms with van der Waals surface area (Å²) in [7, 11) is 0. The van der Waals surface area contributed by atoms with Gasteiger partial charge in [0.25, 0.3) is 0 Å². The molecule has 0 saturated carbocycles. The molecule has 1 aromatic heterocycles. The summed E-state index contributed by atoms with van der Waals surface area (Å²) in [6.07, 6.45) is 0. The first-order valence-electron chi connectivity index (χ1n) is 5.38. The van der Waals surface area contributed by atoms with E-state index in [9.17, 15) is 0 Å². The Kier molecular flexibility index (Phi) is 4.27. The fourth-order valence-electron chi connectivity index (χ4n) is 1.77. The van der Waals surface area contributed by atoms with Crippen molar-refractivity contribution in [3.63, 3.8) is 0 Å². The lowest BCUT2D eigenvalue weighted by Gasteiger charge is -2.24. The van der Waals surface area contributed by atoms with Crippen molar-refractivity contribution in [1.29, 1.82) is 5.26 Å². The molecule has 4 heteroatoms. The molecule has 4 nitrogen and oxygen atoms in total. The van der Waals surface area contributed by atoms with Crippen molar-refractivity contribution in [3.05, 3.63) is 23.0 Å². The second-order valence-electron chi connectivity index (χ2n) is 3.66. The van der Waals surface area contributed by atoms with Crippen LogP contribution in [0, 0.1) is 25.2 Å². The lowest BCUT2D eigenvalue weighted by molar-refractivity contribution is 0.302. The van der Waals surface area contributed by atoms with Crippen LogP contribution in [0.2, 0.25) is 0 Å². The van der Waals surface area contributed by atoms with Crippen LogP contribution in [0.1, 0.15) is 23.9 Å². The number of likely N-dealkylation sites (N-methyl/N-ethyl adjacent to an activating group) is 1. The van der Waals surface area contributed by atoms with Crippen LogP contribution >= 0.6 is 0 Å². The van der Waals surface area contributed by atoms with Crippen LogP contribution in [0.3, 0.4) is 0 Å². The number of aryl methyl sites for hydroxylation is 2. The molecule has 0 amide bonds. The molecule has 1 rings (SSSR count). The van der Waals surface area contributed by atoms with Gasteiger partial charge in [-0.3, -0.25) is 4.98 Å². The molecule has 1 N–H and O–H groups in total. The zero-order valence-corrected chi connectivity index (χ0v) is 9.99. The maximum Gasteiger partial charge on any atom is 0.103 e. The summed E-state index contributed by atoms with van der Waals surface area (Å²) in [5.41, 5.74) is 3.10. The van der Waals surface area contributed by atoms with Crippen LogP contribution < -0.4 is 4.90 Å². The number of aliphatic hydroxyl groups excluding tert-OH is 1. The van der Waals surface area contributed by atoms with Gasteiger partial charge in [-0.25, -0.2) is 0 Å². The first-order chi connectivity index (χ1) is 7.63. The molecule has 1 heterocycles.